The number of rotatable bonds is 1. The Labute approximate surface area is 89.9 Å². The highest BCUT2D eigenvalue weighted by molar-refractivity contribution is 5.08. The van der Waals surface area contributed by atoms with E-state index in [1.54, 1.807) is 6.07 Å². The molecular formula is C12H18N2O. The van der Waals surface area contributed by atoms with Gasteiger partial charge < -0.3 is 0 Å². The Kier molecular flexibility index (Phi) is 2.63. The standard InChI is InChI=1S/C12H18N2O/c1-12(2)7-5-9(6-8-12)10-3-4-11(15)14-13-10/h3-4,9H,5-8H2,1-2H3,(H,14,15). The minimum atomic E-state index is -0.116. The Morgan fingerprint density at radius 3 is 2.53 bits per heavy atom. The zero-order chi connectivity index (χ0) is 10.9. The third-order valence-electron chi connectivity index (χ3n) is 3.46. The molecule has 0 atom stereocenters. The summed E-state index contributed by atoms with van der Waals surface area (Å²) >= 11 is 0. The monoisotopic (exact) mass is 206 g/mol. The maximum atomic E-state index is 10.9. The highest BCUT2D eigenvalue weighted by Crippen LogP contribution is 2.41. The number of hydrogen-bond acceptors (Lipinski definition) is 2. The molecule has 0 radical (unpaired) electrons. The van der Waals surface area contributed by atoms with Crippen molar-refractivity contribution in [1.29, 1.82) is 0 Å². The summed E-state index contributed by atoms with van der Waals surface area (Å²) in [6, 6.07) is 3.43. The average molecular weight is 206 g/mol. The van der Waals surface area contributed by atoms with Crippen LogP contribution in [0, 0.1) is 5.41 Å². The van der Waals surface area contributed by atoms with Crippen LogP contribution in [-0.2, 0) is 0 Å². The van der Waals surface area contributed by atoms with Gasteiger partial charge in [-0.25, -0.2) is 5.10 Å². The largest absolute Gasteiger partial charge is 0.268 e. The second-order valence-electron chi connectivity index (χ2n) is 5.28. The Balaban J connectivity index is 2.07. The van der Waals surface area contributed by atoms with Crippen LogP contribution in [0.25, 0.3) is 0 Å². The van der Waals surface area contributed by atoms with Gasteiger partial charge in [-0.3, -0.25) is 4.79 Å². The summed E-state index contributed by atoms with van der Waals surface area (Å²) in [5.41, 5.74) is 1.42. The van der Waals surface area contributed by atoms with Crippen molar-refractivity contribution in [2.45, 2.75) is 45.4 Å². The van der Waals surface area contributed by atoms with E-state index in [1.165, 1.54) is 25.7 Å². The van der Waals surface area contributed by atoms with Crippen molar-refractivity contribution < 1.29 is 0 Å². The highest BCUT2D eigenvalue weighted by atomic mass is 16.1. The van der Waals surface area contributed by atoms with Crippen LogP contribution in [0.1, 0.15) is 51.1 Å². The maximum Gasteiger partial charge on any atom is 0.264 e. The van der Waals surface area contributed by atoms with E-state index >= 15 is 0 Å². The lowest BCUT2D eigenvalue weighted by Gasteiger charge is -2.33. The van der Waals surface area contributed by atoms with E-state index < -0.39 is 0 Å². The molecule has 1 N–H and O–H groups in total. The lowest BCUT2D eigenvalue weighted by Crippen LogP contribution is -2.21. The summed E-state index contributed by atoms with van der Waals surface area (Å²) in [5, 5.41) is 6.62. The predicted molar refractivity (Wildman–Crippen MR) is 59.8 cm³/mol. The third kappa shape index (κ3) is 2.46. The molecule has 15 heavy (non-hydrogen) atoms. The summed E-state index contributed by atoms with van der Waals surface area (Å²) in [6.45, 7) is 4.65. The molecule has 1 aromatic heterocycles. The van der Waals surface area contributed by atoms with Gasteiger partial charge in [-0.1, -0.05) is 13.8 Å². The van der Waals surface area contributed by atoms with Crippen molar-refractivity contribution in [2.75, 3.05) is 0 Å². The number of aromatic nitrogens is 2. The van der Waals surface area contributed by atoms with E-state index in [1.807, 2.05) is 6.07 Å². The van der Waals surface area contributed by atoms with Gasteiger partial charge in [-0.15, -0.1) is 0 Å². The molecule has 82 valence electrons. The summed E-state index contributed by atoms with van der Waals surface area (Å²) in [4.78, 5) is 10.9. The van der Waals surface area contributed by atoms with Gasteiger partial charge in [-0.05, 0) is 37.2 Å². The van der Waals surface area contributed by atoms with Crippen LogP contribution in [0.5, 0.6) is 0 Å². The van der Waals surface area contributed by atoms with Gasteiger partial charge in [0.25, 0.3) is 5.56 Å². The fourth-order valence-corrected chi connectivity index (χ4v) is 2.28. The molecule has 0 spiro atoms. The van der Waals surface area contributed by atoms with E-state index in [0.29, 0.717) is 11.3 Å². The molecule has 2 rings (SSSR count). The zero-order valence-electron chi connectivity index (χ0n) is 9.42. The normalized spacial score (nSPS) is 21.5. The van der Waals surface area contributed by atoms with Crippen LogP contribution in [-0.4, -0.2) is 10.2 Å². The van der Waals surface area contributed by atoms with Crippen LogP contribution >= 0.6 is 0 Å². The average Bonchev–Trinajstić information content (AvgIpc) is 2.20. The fourth-order valence-electron chi connectivity index (χ4n) is 2.28. The number of nitrogens with one attached hydrogen (secondary N) is 1. The molecule has 1 aliphatic carbocycles. The highest BCUT2D eigenvalue weighted by Gasteiger charge is 2.28. The quantitative estimate of drug-likeness (QED) is 0.767. The van der Waals surface area contributed by atoms with Crippen LogP contribution in [0.2, 0.25) is 0 Å². The lowest BCUT2D eigenvalue weighted by atomic mass is 9.72. The third-order valence-corrected chi connectivity index (χ3v) is 3.46. The molecule has 1 heterocycles. The van der Waals surface area contributed by atoms with Gasteiger partial charge in [0.2, 0.25) is 0 Å². The molecule has 1 fully saturated rings. The van der Waals surface area contributed by atoms with Crippen LogP contribution in [0.4, 0.5) is 0 Å². The summed E-state index contributed by atoms with van der Waals surface area (Å²) in [5.74, 6) is 0.537. The van der Waals surface area contributed by atoms with Gasteiger partial charge in [0.15, 0.2) is 0 Å². The Morgan fingerprint density at radius 1 is 1.33 bits per heavy atom. The molecule has 0 amide bonds. The second kappa shape index (κ2) is 3.80. The topological polar surface area (TPSA) is 45.8 Å². The molecule has 0 aromatic carbocycles. The molecule has 0 aliphatic heterocycles. The van der Waals surface area contributed by atoms with Gasteiger partial charge in [0.05, 0.1) is 5.69 Å². The smallest absolute Gasteiger partial charge is 0.264 e. The van der Waals surface area contributed by atoms with Crippen molar-refractivity contribution in [2.24, 2.45) is 5.41 Å². The number of hydrogen-bond donors (Lipinski definition) is 1. The molecule has 3 nitrogen and oxygen atoms in total. The zero-order valence-corrected chi connectivity index (χ0v) is 9.42. The van der Waals surface area contributed by atoms with Crippen molar-refractivity contribution in [3.05, 3.63) is 28.2 Å². The van der Waals surface area contributed by atoms with E-state index in [9.17, 15) is 4.79 Å². The predicted octanol–water partition coefficient (Wildman–Crippen LogP) is 2.45. The first-order chi connectivity index (χ1) is 7.07. The summed E-state index contributed by atoms with van der Waals surface area (Å²) < 4.78 is 0. The van der Waals surface area contributed by atoms with Crippen molar-refractivity contribution in [3.8, 4) is 0 Å². The van der Waals surface area contributed by atoms with Crippen molar-refractivity contribution >= 4 is 0 Å². The first-order valence-corrected chi connectivity index (χ1v) is 5.62. The van der Waals surface area contributed by atoms with Gasteiger partial charge in [0, 0.05) is 12.0 Å². The van der Waals surface area contributed by atoms with Crippen LogP contribution in [0.3, 0.4) is 0 Å². The summed E-state index contributed by atoms with van der Waals surface area (Å²) in [6.07, 6.45) is 4.87. The minimum absolute atomic E-state index is 0.116. The maximum absolute atomic E-state index is 10.9. The SMILES string of the molecule is CC1(C)CCC(c2ccc(=O)[nH]n2)CC1. The molecule has 0 unspecified atom stereocenters. The van der Waals surface area contributed by atoms with Crippen molar-refractivity contribution in [3.63, 3.8) is 0 Å². The Morgan fingerprint density at radius 2 is 2.00 bits per heavy atom. The molecule has 3 heteroatoms. The number of nitrogens with zero attached hydrogens (tertiary/aromatic N) is 1. The van der Waals surface area contributed by atoms with Crippen molar-refractivity contribution in [1.82, 2.24) is 10.2 Å². The molecule has 1 aromatic rings. The lowest BCUT2D eigenvalue weighted by molar-refractivity contribution is 0.222. The summed E-state index contributed by atoms with van der Waals surface area (Å²) in [7, 11) is 0. The van der Waals surface area contributed by atoms with E-state index in [-0.39, 0.29) is 5.56 Å². The molecule has 0 bridgehead atoms. The van der Waals surface area contributed by atoms with E-state index in [2.05, 4.69) is 24.0 Å². The van der Waals surface area contributed by atoms with E-state index in [0.717, 1.165) is 5.69 Å². The van der Waals surface area contributed by atoms with E-state index in [4.69, 9.17) is 0 Å². The van der Waals surface area contributed by atoms with Crippen LogP contribution < -0.4 is 5.56 Å². The minimum Gasteiger partial charge on any atom is -0.268 e. The van der Waals surface area contributed by atoms with Crippen LogP contribution in [0.15, 0.2) is 16.9 Å². The first-order valence-electron chi connectivity index (χ1n) is 5.62. The molecule has 0 saturated heterocycles. The second-order valence-corrected chi connectivity index (χ2v) is 5.28. The first kappa shape index (κ1) is 10.4. The Bertz CT molecular complexity index is 364. The van der Waals surface area contributed by atoms with Gasteiger partial charge >= 0.3 is 0 Å². The Hall–Kier alpha value is -1.12. The fraction of sp³-hybridized carbons (Fsp3) is 0.667. The number of aromatic amines is 1. The van der Waals surface area contributed by atoms with Gasteiger partial charge in [0.1, 0.15) is 0 Å². The van der Waals surface area contributed by atoms with Gasteiger partial charge in [-0.2, -0.15) is 5.10 Å². The molecule has 1 aliphatic rings. The molecular weight excluding hydrogens is 188 g/mol. The molecule has 1 saturated carbocycles. The number of H-pyrrole nitrogens is 1.